The highest BCUT2D eigenvalue weighted by Crippen LogP contribution is 2.38. The predicted octanol–water partition coefficient (Wildman–Crippen LogP) is 1.93. The van der Waals surface area contributed by atoms with Gasteiger partial charge >= 0.3 is 5.97 Å². The summed E-state index contributed by atoms with van der Waals surface area (Å²) in [5.74, 6) is 3.70. The third kappa shape index (κ3) is 3.04. The zero-order chi connectivity index (χ0) is 12.4. The van der Waals surface area contributed by atoms with Crippen molar-refractivity contribution in [1.82, 2.24) is 10.1 Å². The second kappa shape index (κ2) is 5.30. The molecule has 1 aromatic heterocycles. The van der Waals surface area contributed by atoms with Crippen LogP contribution in [0.2, 0.25) is 0 Å². The normalized spacial score (nSPS) is 23.2. The maximum Gasteiger partial charge on any atom is 0.306 e. The van der Waals surface area contributed by atoms with Gasteiger partial charge in [-0.05, 0) is 25.0 Å². The molecule has 2 heterocycles. The van der Waals surface area contributed by atoms with Crippen LogP contribution in [0.4, 0.5) is 0 Å². The van der Waals surface area contributed by atoms with Gasteiger partial charge < -0.3 is 9.26 Å². The molecule has 0 spiro atoms. The lowest BCUT2D eigenvalue weighted by Crippen LogP contribution is -2.17. The van der Waals surface area contributed by atoms with E-state index in [1.54, 1.807) is 0 Å². The first-order valence-electron chi connectivity index (χ1n) is 6.41. The molecule has 0 amide bonds. The molecule has 1 aliphatic heterocycles. The van der Waals surface area contributed by atoms with E-state index in [0.717, 1.165) is 36.6 Å². The Kier molecular flexibility index (Phi) is 3.54. The summed E-state index contributed by atoms with van der Waals surface area (Å²) in [4.78, 5) is 15.9. The standard InChI is InChI=1S/C12H16N2O3S/c15-11(16-9-5-6-18-7-9)4-3-10-13-12(14-17-10)8-1-2-8/h8-9H,1-7H2/t9-/m1/s1. The molecule has 1 atom stereocenters. The van der Waals surface area contributed by atoms with Crippen LogP contribution in [0.1, 0.15) is 43.3 Å². The van der Waals surface area contributed by atoms with Gasteiger partial charge in [-0.1, -0.05) is 5.16 Å². The Morgan fingerprint density at radius 2 is 2.33 bits per heavy atom. The molecule has 0 aromatic carbocycles. The molecule has 98 valence electrons. The lowest BCUT2D eigenvalue weighted by atomic mass is 10.3. The molecule has 0 unspecified atom stereocenters. The van der Waals surface area contributed by atoms with Gasteiger partial charge in [0.2, 0.25) is 5.89 Å². The number of esters is 1. The SMILES string of the molecule is O=C(CCc1nc(C2CC2)no1)O[C@@H]1CCSC1. The van der Waals surface area contributed by atoms with Crippen molar-refractivity contribution in [1.29, 1.82) is 0 Å². The van der Waals surface area contributed by atoms with Crippen molar-refractivity contribution in [2.75, 3.05) is 11.5 Å². The number of hydrogen-bond donors (Lipinski definition) is 0. The first-order chi connectivity index (χ1) is 8.81. The number of aromatic nitrogens is 2. The first-order valence-corrected chi connectivity index (χ1v) is 7.56. The lowest BCUT2D eigenvalue weighted by Gasteiger charge is -2.09. The fraction of sp³-hybridized carbons (Fsp3) is 0.750. The molecule has 1 aliphatic carbocycles. The number of aryl methyl sites for hydroxylation is 1. The Morgan fingerprint density at radius 1 is 1.44 bits per heavy atom. The van der Waals surface area contributed by atoms with Crippen molar-refractivity contribution in [3.63, 3.8) is 0 Å². The number of carbonyl (C=O) groups is 1. The highest BCUT2D eigenvalue weighted by Gasteiger charge is 2.28. The van der Waals surface area contributed by atoms with E-state index < -0.39 is 0 Å². The summed E-state index contributed by atoms with van der Waals surface area (Å²) < 4.78 is 10.5. The quantitative estimate of drug-likeness (QED) is 0.760. The van der Waals surface area contributed by atoms with Crippen LogP contribution in [0.5, 0.6) is 0 Å². The van der Waals surface area contributed by atoms with Gasteiger partial charge in [-0.3, -0.25) is 4.79 Å². The number of nitrogens with zero attached hydrogens (tertiary/aromatic N) is 2. The second-order valence-electron chi connectivity index (χ2n) is 4.80. The van der Waals surface area contributed by atoms with Crippen LogP contribution in [-0.4, -0.2) is 33.7 Å². The van der Waals surface area contributed by atoms with Crippen LogP contribution < -0.4 is 0 Å². The molecule has 18 heavy (non-hydrogen) atoms. The van der Waals surface area contributed by atoms with Gasteiger partial charge in [-0.2, -0.15) is 16.7 Å². The average molecular weight is 268 g/mol. The fourth-order valence-electron chi connectivity index (χ4n) is 1.94. The summed E-state index contributed by atoms with van der Waals surface area (Å²) in [6.45, 7) is 0. The van der Waals surface area contributed by atoms with Gasteiger partial charge in [-0.25, -0.2) is 0 Å². The van der Waals surface area contributed by atoms with E-state index in [1.807, 2.05) is 11.8 Å². The van der Waals surface area contributed by atoms with Crippen LogP contribution in [0.25, 0.3) is 0 Å². The van der Waals surface area contributed by atoms with Crippen molar-refractivity contribution in [3.05, 3.63) is 11.7 Å². The van der Waals surface area contributed by atoms with Crippen molar-refractivity contribution in [3.8, 4) is 0 Å². The van der Waals surface area contributed by atoms with E-state index in [4.69, 9.17) is 9.26 Å². The Balaban J connectivity index is 1.43. The van der Waals surface area contributed by atoms with Gasteiger partial charge in [0, 0.05) is 18.1 Å². The summed E-state index contributed by atoms with van der Waals surface area (Å²) in [7, 11) is 0. The number of rotatable bonds is 5. The Bertz CT molecular complexity index is 425. The van der Waals surface area contributed by atoms with E-state index in [2.05, 4.69) is 10.1 Å². The molecule has 0 radical (unpaired) electrons. The van der Waals surface area contributed by atoms with Crippen LogP contribution in [0.15, 0.2) is 4.52 Å². The largest absolute Gasteiger partial charge is 0.461 e. The molecule has 6 heteroatoms. The van der Waals surface area contributed by atoms with E-state index in [1.165, 1.54) is 0 Å². The maximum atomic E-state index is 11.6. The third-order valence-corrected chi connectivity index (χ3v) is 4.29. The molecular formula is C12H16N2O3S. The van der Waals surface area contributed by atoms with E-state index >= 15 is 0 Å². The van der Waals surface area contributed by atoms with Crippen LogP contribution >= 0.6 is 11.8 Å². The van der Waals surface area contributed by atoms with Crippen LogP contribution in [0.3, 0.4) is 0 Å². The molecular weight excluding hydrogens is 252 g/mol. The molecule has 5 nitrogen and oxygen atoms in total. The maximum absolute atomic E-state index is 11.6. The minimum atomic E-state index is -0.159. The van der Waals surface area contributed by atoms with Crippen molar-refractivity contribution >= 4 is 17.7 Å². The minimum absolute atomic E-state index is 0.104. The van der Waals surface area contributed by atoms with Crippen molar-refractivity contribution in [2.24, 2.45) is 0 Å². The summed E-state index contributed by atoms with van der Waals surface area (Å²) >= 11 is 1.83. The Hall–Kier alpha value is -1.04. The fourth-order valence-corrected chi connectivity index (χ4v) is 3.03. The Labute approximate surface area is 110 Å². The molecule has 1 saturated carbocycles. The van der Waals surface area contributed by atoms with Crippen molar-refractivity contribution in [2.45, 2.75) is 44.1 Å². The average Bonchev–Trinajstić information content (AvgIpc) is 2.90. The van der Waals surface area contributed by atoms with Gasteiger partial charge in [0.1, 0.15) is 6.10 Å². The highest BCUT2D eigenvalue weighted by molar-refractivity contribution is 7.99. The summed E-state index contributed by atoms with van der Waals surface area (Å²) in [5.41, 5.74) is 0. The van der Waals surface area contributed by atoms with E-state index in [9.17, 15) is 4.79 Å². The van der Waals surface area contributed by atoms with Gasteiger partial charge in [0.15, 0.2) is 5.82 Å². The molecule has 1 aromatic rings. The summed E-state index contributed by atoms with van der Waals surface area (Å²) in [6, 6.07) is 0. The van der Waals surface area contributed by atoms with Gasteiger partial charge in [-0.15, -0.1) is 0 Å². The number of hydrogen-bond acceptors (Lipinski definition) is 6. The molecule has 2 fully saturated rings. The topological polar surface area (TPSA) is 65.2 Å². The van der Waals surface area contributed by atoms with Crippen molar-refractivity contribution < 1.29 is 14.1 Å². The summed E-state index contributed by atoms with van der Waals surface area (Å²) in [6.07, 6.45) is 4.20. The number of ether oxygens (including phenoxy) is 1. The number of thioether (sulfide) groups is 1. The number of carbonyl (C=O) groups excluding carboxylic acids is 1. The Morgan fingerprint density at radius 3 is 3.06 bits per heavy atom. The lowest BCUT2D eigenvalue weighted by molar-refractivity contribution is -0.147. The summed E-state index contributed by atoms with van der Waals surface area (Å²) in [5, 5.41) is 3.92. The second-order valence-corrected chi connectivity index (χ2v) is 5.95. The first kappa shape index (κ1) is 12.0. The minimum Gasteiger partial charge on any atom is -0.461 e. The third-order valence-electron chi connectivity index (χ3n) is 3.16. The van der Waals surface area contributed by atoms with Crippen LogP contribution in [0, 0.1) is 0 Å². The zero-order valence-electron chi connectivity index (χ0n) is 10.1. The molecule has 0 bridgehead atoms. The monoisotopic (exact) mass is 268 g/mol. The predicted molar refractivity (Wildman–Crippen MR) is 66.4 cm³/mol. The van der Waals surface area contributed by atoms with Gasteiger partial charge in [0.05, 0.1) is 6.42 Å². The highest BCUT2D eigenvalue weighted by atomic mass is 32.2. The molecule has 3 rings (SSSR count). The smallest absolute Gasteiger partial charge is 0.306 e. The van der Waals surface area contributed by atoms with Gasteiger partial charge in [0.25, 0.3) is 0 Å². The molecule has 2 aliphatic rings. The van der Waals surface area contributed by atoms with Crippen LogP contribution in [-0.2, 0) is 16.0 Å². The van der Waals surface area contributed by atoms with E-state index in [-0.39, 0.29) is 12.1 Å². The van der Waals surface area contributed by atoms with E-state index in [0.29, 0.717) is 24.7 Å². The molecule has 0 N–H and O–H groups in total. The zero-order valence-corrected chi connectivity index (χ0v) is 10.9. The molecule has 1 saturated heterocycles.